The zero-order valence-corrected chi connectivity index (χ0v) is 10.2. The number of aromatic nitrogens is 1. The van der Waals surface area contributed by atoms with Crippen molar-refractivity contribution in [3.05, 3.63) is 52.3 Å². The number of hydrogen-bond acceptors (Lipinski definition) is 1. The molecular weight excluding hydrogens is 243 g/mol. The molecule has 1 aromatic carbocycles. The van der Waals surface area contributed by atoms with Gasteiger partial charge in [-0.15, -0.1) is 0 Å². The lowest BCUT2D eigenvalue weighted by molar-refractivity contribution is 0.961. The lowest BCUT2D eigenvalue weighted by Gasteiger charge is -2.04. The van der Waals surface area contributed by atoms with E-state index in [1.807, 2.05) is 35.2 Å². The Bertz CT molecular complexity index is 471. The Balaban J connectivity index is 2.34. The third-order valence-corrected chi connectivity index (χ3v) is 2.77. The summed E-state index contributed by atoms with van der Waals surface area (Å²) in [4.78, 5) is 0. The van der Waals surface area contributed by atoms with Crippen molar-refractivity contribution in [3.63, 3.8) is 0 Å². The van der Waals surface area contributed by atoms with Gasteiger partial charge in [0.2, 0.25) is 0 Å². The van der Waals surface area contributed by atoms with Crippen LogP contribution in [0, 0.1) is 0 Å². The Morgan fingerprint density at radius 3 is 2.44 bits per heavy atom. The molecule has 0 fully saturated rings. The van der Waals surface area contributed by atoms with Gasteiger partial charge in [0.1, 0.15) is 0 Å². The minimum atomic E-state index is 0.636. The molecule has 4 heteroatoms. The molecule has 1 heterocycles. The van der Waals surface area contributed by atoms with Gasteiger partial charge in [0.15, 0.2) is 0 Å². The summed E-state index contributed by atoms with van der Waals surface area (Å²) in [6.45, 7) is 0.653. The van der Waals surface area contributed by atoms with Gasteiger partial charge in [-0.2, -0.15) is 0 Å². The highest BCUT2D eigenvalue weighted by Crippen LogP contribution is 2.22. The van der Waals surface area contributed by atoms with Gasteiger partial charge < -0.3 is 10.3 Å². The van der Waals surface area contributed by atoms with E-state index in [-0.39, 0.29) is 0 Å². The summed E-state index contributed by atoms with van der Waals surface area (Å²) in [5, 5.41) is 1.27. The van der Waals surface area contributed by atoms with Crippen molar-refractivity contribution in [3.8, 4) is 5.69 Å². The lowest BCUT2D eigenvalue weighted by atomic mass is 10.2. The Kier molecular flexibility index (Phi) is 3.54. The monoisotopic (exact) mass is 254 g/mol. The van der Waals surface area contributed by atoms with Crippen LogP contribution >= 0.6 is 23.2 Å². The van der Waals surface area contributed by atoms with Gasteiger partial charge in [-0.25, -0.2) is 0 Å². The van der Waals surface area contributed by atoms with Crippen LogP contribution in [0.2, 0.25) is 10.0 Å². The van der Waals surface area contributed by atoms with Crippen LogP contribution < -0.4 is 5.73 Å². The molecule has 2 aromatic rings. The van der Waals surface area contributed by atoms with Crippen LogP contribution in [0.1, 0.15) is 5.56 Å². The van der Waals surface area contributed by atoms with Gasteiger partial charge in [0.05, 0.1) is 0 Å². The van der Waals surface area contributed by atoms with Gasteiger partial charge in [0.25, 0.3) is 0 Å². The summed E-state index contributed by atoms with van der Waals surface area (Å²) >= 11 is 11.9. The maximum absolute atomic E-state index is 5.95. The van der Waals surface area contributed by atoms with E-state index in [0.29, 0.717) is 16.6 Å². The first-order valence-electron chi connectivity index (χ1n) is 5.02. The highest BCUT2D eigenvalue weighted by molar-refractivity contribution is 6.34. The Hall–Kier alpha value is -0.960. The summed E-state index contributed by atoms with van der Waals surface area (Å²) in [5.74, 6) is 0. The van der Waals surface area contributed by atoms with Crippen LogP contribution in [-0.2, 0) is 6.42 Å². The first-order chi connectivity index (χ1) is 7.69. The molecule has 0 radical (unpaired) electrons. The Morgan fingerprint density at radius 1 is 1.12 bits per heavy atom. The maximum Gasteiger partial charge on any atom is 0.0479 e. The van der Waals surface area contributed by atoms with Crippen molar-refractivity contribution in [2.75, 3.05) is 6.54 Å². The van der Waals surface area contributed by atoms with Crippen molar-refractivity contribution >= 4 is 23.2 Å². The fraction of sp³-hybridized carbons (Fsp3) is 0.167. The molecule has 0 aliphatic rings. The smallest absolute Gasteiger partial charge is 0.0479 e. The van der Waals surface area contributed by atoms with E-state index in [9.17, 15) is 0 Å². The number of nitrogens with zero attached hydrogens (tertiary/aromatic N) is 1. The summed E-state index contributed by atoms with van der Waals surface area (Å²) in [6, 6.07) is 7.51. The molecule has 16 heavy (non-hydrogen) atoms. The number of hydrogen-bond donors (Lipinski definition) is 1. The molecule has 0 bridgehead atoms. The van der Waals surface area contributed by atoms with E-state index in [0.717, 1.165) is 12.1 Å². The van der Waals surface area contributed by atoms with Crippen LogP contribution in [0.5, 0.6) is 0 Å². The minimum absolute atomic E-state index is 0.636. The quantitative estimate of drug-likeness (QED) is 0.896. The second kappa shape index (κ2) is 4.91. The van der Waals surface area contributed by atoms with Crippen molar-refractivity contribution in [1.82, 2.24) is 4.57 Å². The molecule has 0 saturated carbocycles. The molecule has 0 saturated heterocycles. The second-order valence-corrected chi connectivity index (χ2v) is 4.47. The van der Waals surface area contributed by atoms with Crippen LogP contribution in [0.3, 0.4) is 0 Å². The van der Waals surface area contributed by atoms with Crippen molar-refractivity contribution < 1.29 is 0 Å². The van der Waals surface area contributed by atoms with Gasteiger partial charge in [-0.05, 0) is 42.8 Å². The highest BCUT2D eigenvalue weighted by Gasteiger charge is 2.01. The van der Waals surface area contributed by atoms with Crippen molar-refractivity contribution in [2.45, 2.75) is 6.42 Å². The maximum atomic E-state index is 5.95. The predicted octanol–water partition coefficient (Wildman–Crippen LogP) is 3.29. The Morgan fingerprint density at radius 2 is 1.81 bits per heavy atom. The summed E-state index contributed by atoms with van der Waals surface area (Å²) in [6.07, 6.45) is 4.89. The highest BCUT2D eigenvalue weighted by atomic mass is 35.5. The number of rotatable bonds is 3. The molecule has 1 aromatic heterocycles. The fourth-order valence-corrected chi connectivity index (χ4v) is 2.12. The number of nitrogens with two attached hydrogens (primary N) is 1. The van der Waals surface area contributed by atoms with Crippen molar-refractivity contribution in [2.24, 2.45) is 5.73 Å². The van der Waals surface area contributed by atoms with Gasteiger partial charge in [-0.3, -0.25) is 0 Å². The van der Waals surface area contributed by atoms with E-state index in [2.05, 4.69) is 0 Å². The van der Waals surface area contributed by atoms with Crippen LogP contribution in [-0.4, -0.2) is 11.1 Å². The SMILES string of the molecule is NCCc1ccn(-c2cc(Cl)cc(Cl)c2)c1. The third kappa shape index (κ3) is 2.59. The first kappa shape index (κ1) is 11.5. The molecule has 0 unspecified atom stereocenters. The molecule has 84 valence electrons. The fourth-order valence-electron chi connectivity index (χ4n) is 1.60. The van der Waals surface area contributed by atoms with Gasteiger partial charge in [0, 0.05) is 28.1 Å². The third-order valence-electron chi connectivity index (χ3n) is 2.33. The zero-order chi connectivity index (χ0) is 11.5. The molecule has 0 spiro atoms. The number of benzene rings is 1. The average Bonchev–Trinajstić information content (AvgIpc) is 2.65. The summed E-state index contributed by atoms with van der Waals surface area (Å²) in [7, 11) is 0. The molecule has 0 amide bonds. The molecule has 0 aliphatic carbocycles. The number of halogens is 2. The van der Waals surface area contributed by atoms with E-state index in [1.165, 1.54) is 5.56 Å². The lowest BCUT2D eigenvalue weighted by Crippen LogP contribution is -2.01. The average molecular weight is 255 g/mol. The summed E-state index contributed by atoms with van der Waals surface area (Å²) < 4.78 is 1.99. The van der Waals surface area contributed by atoms with Crippen LogP contribution in [0.25, 0.3) is 5.69 Å². The van der Waals surface area contributed by atoms with Gasteiger partial charge >= 0.3 is 0 Å². The topological polar surface area (TPSA) is 30.9 Å². The van der Waals surface area contributed by atoms with Gasteiger partial charge in [-0.1, -0.05) is 23.2 Å². The molecule has 2 rings (SSSR count). The van der Waals surface area contributed by atoms with E-state index in [4.69, 9.17) is 28.9 Å². The predicted molar refractivity (Wildman–Crippen MR) is 68.5 cm³/mol. The first-order valence-corrected chi connectivity index (χ1v) is 5.78. The van der Waals surface area contributed by atoms with E-state index >= 15 is 0 Å². The normalized spacial score (nSPS) is 10.7. The van der Waals surface area contributed by atoms with E-state index in [1.54, 1.807) is 6.07 Å². The molecular formula is C12H12Cl2N2. The molecule has 2 nitrogen and oxygen atoms in total. The second-order valence-electron chi connectivity index (χ2n) is 3.59. The minimum Gasteiger partial charge on any atom is -0.330 e. The summed E-state index contributed by atoms with van der Waals surface area (Å²) in [5.41, 5.74) is 7.67. The standard InChI is InChI=1S/C12H12Cl2N2/c13-10-5-11(14)7-12(6-10)16-4-2-9(8-16)1-3-15/h2,4-8H,1,3,15H2. The molecule has 0 aliphatic heterocycles. The largest absolute Gasteiger partial charge is 0.330 e. The molecule has 2 N–H and O–H groups in total. The van der Waals surface area contributed by atoms with Crippen LogP contribution in [0.4, 0.5) is 0 Å². The Labute approximate surface area is 105 Å². The van der Waals surface area contributed by atoms with Crippen LogP contribution in [0.15, 0.2) is 36.7 Å². The molecule has 0 atom stereocenters. The van der Waals surface area contributed by atoms with Crippen molar-refractivity contribution in [1.29, 1.82) is 0 Å². The van der Waals surface area contributed by atoms with E-state index < -0.39 is 0 Å². The zero-order valence-electron chi connectivity index (χ0n) is 8.66.